The van der Waals surface area contributed by atoms with E-state index in [1.807, 2.05) is 6.07 Å². The van der Waals surface area contributed by atoms with Gasteiger partial charge < -0.3 is 8.85 Å². The van der Waals surface area contributed by atoms with Crippen LogP contribution in [-0.4, -0.2) is 26.9 Å². The molecular formula is C12H24O2Si3. The van der Waals surface area contributed by atoms with E-state index in [1.165, 1.54) is 5.19 Å². The summed E-state index contributed by atoms with van der Waals surface area (Å²) in [6, 6.07) is 6.24. The molecule has 5 heteroatoms. The molecule has 0 aliphatic heterocycles. The fourth-order valence-electron chi connectivity index (χ4n) is 1.47. The van der Waals surface area contributed by atoms with E-state index in [0.717, 1.165) is 21.7 Å². The van der Waals surface area contributed by atoms with Crippen LogP contribution in [0.25, 0.3) is 0 Å². The van der Waals surface area contributed by atoms with Gasteiger partial charge in [0.25, 0.3) is 0 Å². The summed E-state index contributed by atoms with van der Waals surface area (Å²) in [5.74, 6) is 1.94. The lowest BCUT2D eigenvalue weighted by Crippen LogP contribution is -2.34. The Bertz CT molecular complexity index is 392. The van der Waals surface area contributed by atoms with E-state index in [4.69, 9.17) is 8.85 Å². The summed E-state index contributed by atoms with van der Waals surface area (Å²) in [6.07, 6.45) is 0. The minimum atomic E-state index is -1.58. The second-order valence-electron chi connectivity index (χ2n) is 6.33. The van der Waals surface area contributed by atoms with Crippen molar-refractivity contribution in [3.8, 4) is 11.5 Å². The minimum Gasteiger partial charge on any atom is -0.542 e. The van der Waals surface area contributed by atoms with E-state index in [2.05, 4.69) is 51.4 Å². The van der Waals surface area contributed by atoms with Gasteiger partial charge in [-0.25, -0.2) is 0 Å². The van der Waals surface area contributed by atoms with Crippen LogP contribution in [0.2, 0.25) is 39.3 Å². The van der Waals surface area contributed by atoms with Gasteiger partial charge in [0.1, 0.15) is 11.5 Å². The lowest BCUT2D eigenvalue weighted by Gasteiger charge is -2.27. The van der Waals surface area contributed by atoms with Crippen molar-refractivity contribution in [3.63, 3.8) is 0 Å². The highest BCUT2D eigenvalue weighted by atomic mass is 28.4. The molecule has 0 spiro atoms. The zero-order chi connectivity index (χ0) is 13.3. The number of para-hydroxylation sites is 1. The molecule has 2 nitrogen and oxygen atoms in total. The van der Waals surface area contributed by atoms with Gasteiger partial charge in [-0.05, 0) is 50.5 Å². The van der Waals surface area contributed by atoms with Gasteiger partial charge >= 0.3 is 0 Å². The fraction of sp³-hybridized carbons (Fsp3) is 0.500. The number of rotatable bonds is 4. The van der Waals surface area contributed by atoms with E-state index >= 15 is 0 Å². The molecule has 0 saturated heterocycles. The third-order valence-electron chi connectivity index (χ3n) is 2.00. The molecule has 0 N–H and O–H groups in total. The van der Waals surface area contributed by atoms with Gasteiger partial charge in [-0.15, -0.1) is 0 Å². The maximum atomic E-state index is 6.18. The van der Waals surface area contributed by atoms with E-state index in [9.17, 15) is 0 Å². The smallest absolute Gasteiger partial charge is 0.242 e. The first-order valence-corrected chi connectivity index (χ1v) is 13.9. The number of hydrogen-bond donors (Lipinski definition) is 0. The van der Waals surface area contributed by atoms with Crippen molar-refractivity contribution in [3.05, 3.63) is 18.2 Å². The first kappa shape index (κ1) is 14.5. The van der Waals surface area contributed by atoms with E-state index in [0.29, 0.717) is 0 Å². The Morgan fingerprint density at radius 1 is 0.882 bits per heavy atom. The largest absolute Gasteiger partial charge is 0.542 e. The second kappa shape index (κ2) is 4.99. The van der Waals surface area contributed by atoms with Crippen LogP contribution in [0.15, 0.2) is 18.2 Å². The average molecular weight is 285 g/mol. The van der Waals surface area contributed by atoms with E-state index in [1.54, 1.807) is 0 Å². The first-order valence-electron chi connectivity index (χ1n) is 6.06. The Kier molecular flexibility index (Phi) is 4.27. The summed E-state index contributed by atoms with van der Waals surface area (Å²) in [5, 5.41) is 1.29. The molecule has 0 unspecified atom stereocenters. The van der Waals surface area contributed by atoms with Crippen LogP contribution in [0.5, 0.6) is 11.5 Å². The Morgan fingerprint density at radius 3 is 1.88 bits per heavy atom. The Hall–Kier alpha value is -0.529. The maximum Gasteiger partial charge on any atom is 0.242 e. The summed E-state index contributed by atoms with van der Waals surface area (Å²) in [7, 11) is -2.16. The molecule has 0 fully saturated rings. The van der Waals surface area contributed by atoms with Crippen LogP contribution < -0.4 is 14.0 Å². The molecular weight excluding hydrogens is 260 g/mol. The van der Waals surface area contributed by atoms with Crippen molar-refractivity contribution in [2.75, 3.05) is 0 Å². The summed E-state index contributed by atoms with van der Waals surface area (Å²) >= 11 is 0. The third kappa shape index (κ3) is 5.10. The quantitative estimate of drug-likeness (QED) is 0.789. The van der Waals surface area contributed by atoms with Crippen LogP contribution in [0.3, 0.4) is 0 Å². The van der Waals surface area contributed by atoms with Gasteiger partial charge in [-0.2, -0.15) is 0 Å². The normalized spacial score (nSPS) is 12.6. The van der Waals surface area contributed by atoms with Crippen LogP contribution in [0, 0.1) is 0 Å². The number of hydrogen-bond acceptors (Lipinski definition) is 2. The summed E-state index contributed by atoms with van der Waals surface area (Å²) in [6.45, 7) is 13.2. The molecule has 17 heavy (non-hydrogen) atoms. The Labute approximate surface area is 110 Å². The van der Waals surface area contributed by atoms with Gasteiger partial charge in [0.15, 0.2) is 0 Å². The highest BCUT2D eigenvalue weighted by Crippen LogP contribution is 2.29. The molecule has 0 aromatic heterocycles. The van der Waals surface area contributed by atoms with Crippen molar-refractivity contribution in [2.45, 2.75) is 39.3 Å². The molecule has 0 saturated carbocycles. The van der Waals surface area contributed by atoms with Crippen molar-refractivity contribution in [2.24, 2.45) is 0 Å². The molecule has 0 heterocycles. The molecule has 1 aromatic carbocycles. The van der Waals surface area contributed by atoms with Crippen LogP contribution in [-0.2, 0) is 0 Å². The molecule has 96 valence electrons. The predicted molar refractivity (Wildman–Crippen MR) is 84.0 cm³/mol. The number of benzene rings is 1. The Balaban J connectivity index is 3.09. The Morgan fingerprint density at radius 2 is 1.41 bits per heavy atom. The summed E-state index contributed by atoms with van der Waals surface area (Å²) < 4.78 is 12.3. The SMILES string of the molecule is C[Si](C)(C)Oc1cccc([SiH3])c1O[Si](C)(C)C. The van der Waals surface area contributed by atoms with Gasteiger partial charge in [0.2, 0.25) is 16.6 Å². The van der Waals surface area contributed by atoms with Crippen LogP contribution in [0.1, 0.15) is 0 Å². The summed E-state index contributed by atoms with van der Waals surface area (Å²) in [5.41, 5.74) is 0. The second-order valence-corrected chi connectivity index (χ2v) is 16.3. The van der Waals surface area contributed by atoms with Crippen LogP contribution >= 0.6 is 0 Å². The highest BCUT2D eigenvalue weighted by Gasteiger charge is 2.23. The van der Waals surface area contributed by atoms with Gasteiger partial charge in [-0.1, -0.05) is 12.1 Å². The molecule has 0 aliphatic rings. The standard InChI is InChI=1S/C12H24O2Si3/c1-16(2,3)13-10-8-7-9-11(15)12(10)14-17(4,5)6/h7-9H,1-6,15H3. The molecule has 0 bridgehead atoms. The van der Waals surface area contributed by atoms with Gasteiger partial charge in [0.05, 0.1) is 0 Å². The van der Waals surface area contributed by atoms with Gasteiger partial charge in [0, 0.05) is 10.2 Å². The lowest BCUT2D eigenvalue weighted by atomic mass is 10.3. The van der Waals surface area contributed by atoms with Crippen molar-refractivity contribution in [1.29, 1.82) is 0 Å². The zero-order valence-corrected chi connectivity index (χ0v) is 16.0. The lowest BCUT2D eigenvalue weighted by molar-refractivity contribution is 0.492. The maximum absolute atomic E-state index is 6.18. The molecule has 0 atom stereocenters. The predicted octanol–water partition coefficient (Wildman–Crippen LogP) is 2.10. The van der Waals surface area contributed by atoms with Crippen molar-refractivity contribution in [1.82, 2.24) is 0 Å². The van der Waals surface area contributed by atoms with Crippen LogP contribution in [0.4, 0.5) is 0 Å². The highest BCUT2D eigenvalue weighted by molar-refractivity contribution is 6.71. The molecule has 0 radical (unpaired) electrons. The molecule has 0 amide bonds. The third-order valence-corrected chi connectivity index (χ3v) is 4.44. The van der Waals surface area contributed by atoms with Gasteiger partial charge in [-0.3, -0.25) is 0 Å². The molecule has 0 aliphatic carbocycles. The summed E-state index contributed by atoms with van der Waals surface area (Å²) in [4.78, 5) is 0. The topological polar surface area (TPSA) is 18.5 Å². The zero-order valence-electron chi connectivity index (χ0n) is 12.0. The molecule has 1 aromatic rings. The fourth-order valence-corrected chi connectivity index (χ4v) is 3.91. The monoisotopic (exact) mass is 284 g/mol. The average Bonchev–Trinajstić information content (AvgIpc) is 2.07. The van der Waals surface area contributed by atoms with E-state index < -0.39 is 16.6 Å². The van der Waals surface area contributed by atoms with E-state index in [-0.39, 0.29) is 0 Å². The van der Waals surface area contributed by atoms with Crippen molar-refractivity contribution >= 4 is 32.1 Å². The molecule has 1 rings (SSSR count). The van der Waals surface area contributed by atoms with Crippen molar-refractivity contribution < 1.29 is 8.85 Å². The first-order chi connectivity index (χ1) is 7.58. The minimum absolute atomic E-state index is 0.944.